The minimum absolute atomic E-state index is 0.0725. The SMILES string of the molecule is Cc1sc(NC(=O)CCc2nnc(-c3ccsc3)o2)nc1-c1ccc(OC(F)F)cc1. The van der Waals surface area contributed by atoms with Crippen LogP contribution in [-0.4, -0.2) is 27.7 Å². The van der Waals surface area contributed by atoms with Gasteiger partial charge in [0.05, 0.1) is 5.69 Å². The Balaban J connectivity index is 1.35. The lowest BCUT2D eigenvalue weighted by Crippen LogP contribution is -2.12. The van der Waals surface area contributed by atoms with Crippen molar-refractivity contribution in [2.75, 3.05) is 5.32 Å². The van der Waals surface area contributed by atoms with E-state index in [1.165, 1.54) is 34.8 Å². The molecular formula is C20H16F2N4O3S2. The number of carbonyl (C=O) groups is 1. The molecule has 1 aromatic carbocycles. The number of rotatable bonds is 8. The molecule has 0 fully saturated rings. The van der Waals surface area contributed by atoms with E-state index in [-0.39, 0.29) is 18.1 Å². The maximum Gasteiger partial charge on any atom is 0.387 e. The van der Waals surface area contributed by atoms with Crippen LogP contribution in [0.2, 0.25) is 0 Å². The van der Waals surface area contributed by atoms with Crippen molar-refractivity contribution in [1.29, 1.82) is 0 Å². The van der Waals surface area contributed by atoms with Gasteiger partial charge in [0.15, 0.2) is 5.13 Å². The molecule has 160 valence electrons. The van der Waals surface area contributed by atoms with E-state index in [2.05, 4.69) is 25.2 Å². The van der Waals surface area contributed by atoms with Crippen LogP contribution in [-0.2, 0) is 11.2 Å². The van der Waals surface area contributed by atoms with Gasteiger partial charge in [-0.3, -0.25) is 4.79 Å². The lowest BCUT2D eigenvalue weighted by atomic mass is 10.1. The number of ether oxygens (including phenoxy) is 1. The summed E-state index contributed by atoms with van der Waals surface area (Å²) < 4.78 is 34.5. The number of nitrogens with one attached hydrogen (secondary N) is 1. The van der Waals surface area contributed by atoms with Gasteiger partial charge in [0, 0.05) is 34.2 Å². The number of amides is 1. The Bertz CT molecular complexity index is 1160. The van der Waals surface area contributed by atoms with E-state index in [4.69, 9.17) is 4.42 Å². The van der Waals surface area contributed by atoms with Crippen molar-refractivity contribution in [3.8, 4) is 28.5 Å². The van der Waals surface area contributed by atoms with Gasteiger partial charge in [0.2, 0.25) is 17.7 Å². The summed E-state index contributed by atoms with van der Waals surface area (Å²) >= 11 is 2.87. The quantitative estimate of drug-likeness (QED) is 0.377. The second-order valence-corrected chi connectivity index (χ2v) is 8.37. The summed E-state index contributed by atoms with van der Waals surface area (Å²) in [7, 11) is 0. The number of alkyl halides is 2. The molecule has 0 atom stereocenters. The van der Waals surface area contributed by atoms with Crippen LogP contribution >= 0.6 is 22.7 Å². The Kier molecular flexibility index (Phi) is 6.33. The first-order valence-electron chi connectivity index (χ1n) is 9.15. The van der Waals surface area contributed by atoms with Crippen molar-refractivity contribution < 1.29 is 22.7 Å². The predicted octanol–water partition coefficient (Wildman–Crippen LogP) is 5.40. The molecule has 11 heteroatoms. The summed E-state index contributed by atoms with van der Waals surface area (Å²) in [5.74, 6) is 0.667. The van der Waals surface area contributed by atoms with Gasteiger partial charge in [-0.15, -0.1) is 21.5 Å². The summed E-state index contributed by atoms with van der Waals surface area (Å²) in [6.07, 6.45) is 0.477. The molecular weight excluding hydrogens is 446 g/mol. The molecule has 7 nitrogen and oxygen atoms in total. The molecule has 3 aromatic heterocycles. The standard InChI is InChI=1S/C20H16F2N4O3S2/c1-11-17(12-2-4-14(5-3-12)28-19(21)22)24-20(31-11)23-15(27)6-7-16-25-26-18(29-16)13-8-9-30-10-13/h2-5,8-10,19H,6-7H2,1H3,(H,23,24,27). The molecule has 3 heterocycles. The minimum Gasteiger partial charge on any atom is -0.435 e. The van der Waals surface area contributed by atoms with E-state index < -0.39 is 6.61 Å². The van der Waals surface area contributed by atoms with E-state index in [0.717, 1.165) is 16.0 Å². The van der Waals surface area contributed by atoms with Gasteiger partial charge in [-0.1, -0.05) is 0 Å². The van der Waals surface area contributed by atoms with Crippen molar-refractivity contribution in [2.45, 2.75) is 26.4 Å². The third kappa shape index (κ3) is 5.30. The third-order valence-electron chi connectivity index (χ3n) is 4.20. The Morgan fingerprint density at radius 1 is 1.19 bits per heavy atom. The number of anilines is 1. The molecule has 0 bridgehead atoms. The fourth-order valence-electron chi connectivity index (χ4n) is 2.77. The van der Waals surface area contributed by atoms with Crippen molar-refractivity contribution >= 4 is 33.7 Å². The number of aromatic nitrogens is 3. The first kappa shape index (κ1) is 21.1. The summed E-state index contributed by atoms with van der Waals surface area (Å²) in [6.45, 7) is -1.00. The Hall–Kier alpha value is -3.18. The van der Waals surface area contributed by atoms with Gasteiger partial charge >= 0.3 is 6.61 Å². The van der Waals surface area contributed by atoms with Crippen molar-refractivity contribution in [3.63, 3.8) is 0 Å². The van der Waals surface area contributed by atoms with E-state index in [1.54, 1.807) is 12.1 Å². The van der Waals surface area contributed by atoms with Crippen LogP contribution in [0.4, 0.5) is 13.9 Å². The maximum atomic E-state index is 12.3. The summed E-state index contributed by atoms with van der Waals surface area (Å²) in [6, 6.07) is 8.08. The molecule has 0 saturated heterocycles. The molecule has 0 aliphatic carbocycles. The number of thiophene rings is 1. The number of hydrogen-bond donors (Lipinski definition) is 1. The molecule has 4 aromatic rings. The first-order valence-corrected chi connectivity index (χ1v) is 10.9. The van der Waals surface area contributed by atoms with Gasteiger partial charge in [0.1, 0.15) is 5.75 Å². The number of nitrogens with zero attached hydrogens (tertiary/aromatic N) is 3. The topological polar surface area (TPSA) is 90.1 Å². The average molecular weight is 463 g/mol. The van der Waals surface area contributed by atoms with Crippen LogP contribution in [0.3, 0.4) is 0 Å². The number of carbonyl (C=O) groups excluding carboxylic acids is 1. The molecule has 0 spiro atoms. The fourth-order valence-corrected chi connectivity index (χ4v) is 4.25. The zero-order valence-electron chi connectivity index (χ0n) is 16.2. The highest BCUT2D eigenvalue weighted by Gasteiger charge is 2.15. The fraction of sp³-hybridized carbons (Fsp3) is 0.200. The van der Waals surface area contributed by atoms with Gasteiger partial charge < -0.3 is 14.5 Å². The van der Waals surface area contributed by atoms with Crippen LogP contribution in [0.15, 0.2) is 45.5 Å². The zero-order chi connectivity index (χ0) is 21.8. The lowest BCUT2D eigenvalue weighted by molar-refractivity contribution is -0.116. The highest BCUT2D eigenvalue weighted by Crippen LogP contribution is 2.31. The minimum atomic E-state index is -2.87. The Morgan fingerprint density at radius 2 is 2.00 bits per heavy atom. The number of benzene rings is 1. The molecule has 0 saturated carbocycles. The first-order chi connectivity index (χ1) is 15.0. The normalized spacial score (nSPS) is 11.1. The molecule has 4 rings (SSSR count). The van der Waals surface area contributed by atoms with Gasteiger partial charge in [-0.05, 0) is 42.6 Å². The number of halogens is 2. The van der Waals surface area contributed by atoms with Crippen LogP contribution in [0.5, 0.6) is 5.75 Å². The van der Waals surface area contributed by atoms with Crippen LogP contribution in [0.1, 0.15) is 17.2 Å². The van der Waals surface area contributed by atoms with Crippen LogP contribution < -0.4 is 10.1 Å². The molecule has 0 aliphatic heterocycles. The summed E-state index contributed by atoms with van der Waals surface area (Å²) in [4.78, 5) is 17.6. The Labute approximate surface area is 183 Å². The van der Waals surface area contributed by atoms with Gasteiger partial charge in [0.25, 0.3) is 0 Å². The zero-order valence-corrected chi connectivity index (χ0v) is 17.8. The van der Waals surface area contributed by atoms with Crippen LogP contribution in [0.25, 0.3) is 22.7 Å². The second kappa shape index (κ2) is 9.31. The molecule has 0 unspecified atom stereocenters. The number of hydrogen-bond acceptors (Lipinski definition) is 8. The molecule has 1 amide bonds. The Morgan fingerprint density at radius 3 is 2.71 bits per heavy atom. The number of thiazole rings is 1. The van der Waals surface area contributed by atoms with Crippen molar-refractivity contribution in [2.24, 2.45) is 0 Å². The van der Waals surface area contributed by atoms with E-state index in [9.17, 15) is 13.6 Å². The van der Waals surface area contributed by atoms with Crippen molar-refractivity contribution in [1.82, 2.24) is 15.2 Å². The molecule has 0 aliphatic rings. The molecule has 31 heavy (non-hydrogen) atoms. The van der Waals surface area contributed by atoms with Crippen molar-refractivity contribution in [3.05, 3.63) is 51.9 Å². The highest BCUT2D eigenvalue weighted by atomic mass is 32.1. The largest absolute Gasteiger partial charge is 0.435 e. The van der Waals surface area contributed by atoms with Gasteiger partial charge in [-0.25, -0.2) is 4.98 Å². The summed E-state index contributed by atoms with van der Waals surface area (Å²) in [5.41, 5.74) is 2.26. The van der Waals surface area contributed by atoms with Gasteiger partial charge in [-0.2, -0.15) is 20.1 Å². The predicted molar refractivity (Wildman–Crippen MR) is 113 cm³/mol. The molecule has 0 radical (unpaired) electrons. The lowest BCUT2D eigenvalue weighted by Gasteiger charge is -2.05. The van der Waals surface area contributed by atoms with E-state index in [0.29, 0.717) is 29.0 Å². The van der Waals surface area contributed by atoms with Crippen LogP contribution in [0, 0.1) is 6.92 Å². The maximum absolute atomic E-state index is 12.3. The molecule has 1 N–H and O–H groups in total. The second-order valence-electron chi connectivity index (χ2n) is 6.39. The average Bonchev–Trinajstić information content (AvgIpc) is 3.48. The third-order valence-corrected chi connectivity index (χ3v) is 5.77. The smallest absolute Gasteiger partial charge is 0.387 e. The number of aryl methyl sites for hydroxylation is 2. The highest BCUT2D eigenvalue weighted by molar-refractivity contribution is 7.16. The van der Waals surface area contributed by atoms with E-state index >= 15 is 0 Å². The summed E-state index contributed by atoms with van der Waals surface area (Å²) in [5, 5.41) is 15.0. The monoisotopic (exact) mass is 462 g/mol. The van der Waals surface area contributed by atoms with E-state index in [1.807, 2.05) is 23.8 Å².